The van der Waals surface area contributed by atoms with Crippen LogP contribution in [0.15, 0.2) is 54.7 Å². The molecule has 164 valence electrons. The highest BCUT2D eigenvalue weighted by atomic mass is 35.5. The van der Waals surface area contributed by atoms with Crippen LogP contribution in [0.4, 0.5) is 0 Å². The molecule has 1 heterocycles. The first-order valence-electron chi connectivity index (χ1n) is 10.1. The fraction of sp³-hybridized carbons (Fsp3) is 0.304. The lowest BCUT2D eigenvalue weighted by Crippen LogP contribution is -2.52. The van der Waals surface area contributed by atoms with Crippen LogP contribution in [0.3, 0.4) is 0 Å². The largest absolute Gasteiger partial charge is 0.490 e. The smallest absolute Gasteiger partial charge is 0.231 e. The van der Waals surface area contributed by atoms with Gasteiger partial charge in [-0.3, -0.25) is 4.79 Å². The van der Waals surface area contributed by atoms with Crippen LogP contribution in [-0.4, -0.2) is 17.6 Å². The Labute approximate surface area is 198 Å². The van der Waals surface area contributed by atoms with Gasteiger partial charge in [0.15, 0.2) is 10.9 Å². The summed E-state index contributed by atoms with van der Waals surface area (Å²) in [6.45, 7) is 7.04. The molecule has 8 heteroatoms. The van der Waals surface area contributed by atoms with Crippen LogP contribution in [0.5, 0.6) is 5.75 Å². The molecule has 2 atom stereocenters. The number of carbonyl (C=O) groups excluding carboxylic acids is 1. The number of ether oxygens (including phenoxy) is 1. The van der Waals surface area contributed by atoms with Crippen molar-refractivity contribution in [2.24, 2.45) is 5.92 Å². The zero-order valence-electron chi connectivity index (χ0n) is 17.2. The van der Waals surface area contributed by atoms with E-state index in [-0.39, 0.29) is 5.91 Å². The van der Waals surface area contributed by atoms with Gasteiger partial charge in [-0.1, -0.05) is 73.5 Å². The molecular formula is C23H25Cl2N3O2S. The van der Waals surface area contributed by atoms with Gasteiger partial charge in [0.25, 0.3) is 0 Å². The van der Waals surface area contributed by atoms with Crippen molar-refractivity contribution in [2.75, 3.05) is 6.61 Å². The van der Waals surface area contributed by atoms with E-state index >= 15 is 0 Å². The van der Waals surface area contributed by atoms with Crippen molar-refractivity contribution in [1.29, 1.82) is 0 Å². The van der Waals surface area contributed by atoms with E-state index in [1.165, 1.54) is 0 Å². The molecule has 0 saturated carbocycles. The Morgan fingerprint density at radius 1 is 1.23 bits per heavy atom. The number of unbranched alkanes of at least 4 members (excludes halogenated alkanes) is 1. The monoisotopic (exact) mass is 477 g/mol. The molecule has 3 rings (SSSR count). The number of amides is 1. The molecule has 0 aliphatic carbocycles. The Morgan fingerprint density at radius 3 is 2.55 bits per heavy atom. The van der Waals surface area contributed by atoms with E-state index in [0.29, 0.717) is 39.8 Å². The SMILES string of the molecule is C=C1NC(=S)N[C@H](c2cc(Cl)c(OCCCC)c(Cl)c2)[C@@H]1C(=O)NCc1ccccc1. The van der Waals surface area contributed by atoms with Crippen LogP contribution < -0.4 is 20.7 Å². The number of hydrogen-bond acceptors (Lipinski definition) is 3. The second-order valence-electron chi connectivity index (χ2n) is 7.30. The van der Waals surface area contributed by atoms with E-state index < -0.39 is 12.0 Å². The minimum atomic E-state index is -0.616. The maximum atomic E-state index is 13.1. The van der Waals surface area contributed by atoms with Crippen molar-refractivity contribution in [1.82, 2.24) is 16.0 Å². The van der Waals surface area contributed by atoms with Gasteiger partial charge in [-0.15, -0.1) is 0 Å². The van der Waals surface area contributed by atoms with Gasteiger partial charge in [-0.2, -0.15) is 0 Å². The summed E-state index contributed by atoms with van der Waals surface area (Å²) >= 11 is 18.2. The van der Waals surface area contributed by atoms with Crippen LogP contribution in [0.2, 0.25) is 10.0 Å². The topological polar surface area (TPSA) is 62.4 Å². The number of hydrogen-bond donors (Lipinski definition) is 3. The van der Waals surface area contributed by atoms with Gasteiger partial charge in [0.1, 0.15) is 5.92 Å². The highest BCUT2D eigenvalue weighted by Gasteiger charge is 2.37. The molecule has 2 aromatic carbocycles. The van der Waals surface area contributed by atoms with E-state index in [1.54, 1.807) is 12.1 Å². The average Bonchev–Trinajstić information content (AvgIpc) is 2.74. The molecule has 0 radical (unpaired) electrons. The molecule has 2 aromatic rings. The molecule has 31 heavy (non-hydrogen) atoms. The van der Waals surface area contributed by atoms with Gasteiger partial charge < -0.3 is 20.7 Å². The fourth-order valence-corrected chi connectivity index (χ4v) is 4.25. The quantitative estimate of drug-likeness (QED) is 0.363. The van der Waals surface area contributed by atoms with E-state index in [2.05, 4.69) is 29.5 Å². The number of benzene rings is 2. The Balaban J connectivity index is 1.83. The van der Waals surface area contributed by atoms with Crippen LogP contribution in [-0.2, 0) is 11.3 Å². The zero-order valence-corrected chi connectivity index (χ0v) is 19.5. The summed E-state index contributed by atoms with van der Waals surface area (Å²) in [5.74, 6) is -0.354. The molecule has 1 saturated heterocycles. The maximum Gasteiger partial charge on any atom is 0.231 e. The fourth-order valence-electron chi connectivity index (χ4n) is 3.38. The molecule has 5 nitrogen and oxygen atoms in total. The van der Waals surface area contributed by atoms with E-state index in [0.717, 1.165) is 24.0 Å². The predicted molar refractivity (Wildman–Crippen MR) is 129 cm³/mol. The van der Waals surface area contributed by atoms with Crippen LogP contribution >= 0.6 is 35.4 Å². The average molecular weight is 478 g/mol. The number of carbonyl (C=O) groups is 1. The second kappa shape index (κ2) is 10.8. The van der Waals surface area contributed by atoms with Crippen molar-refractivity contribution in [2.45, 2.75) is 32.4 Å². The summed E-state index contributed by atoms with van der Waals surface area (Å²) in [4.78, 5) is 13.1. The molecule has 1 aliphatic heterocycles. The van der Waals surface area contributed by atoms with Gasteiger partial charge in [-0.25, -0.2) is 0 Å². The molecule has 1 aliphatic rings. The number of thiocarbonyl (C=S) groups is 1. The van der Waals surface area contributed by atoms with Gasteiger partial charge in [0.2, 0.25) is 5.91 Å². The van der Waals surface area contributed by atoms with Crippen molar-refractivity contribution >= 4 is 46.4 Å². The molecule has 0 spiro atoms. The Kier molecular flexibility index (Phi) is 8.18. The number of rotatable bonds is 8. The number of nitrogens with one attached hydrogen (secondary N) is 3. The third kappa shape index (κ3) is 5.91. The van der Waals surface area contributed by atoms with Crippen molar-refractivity contribution in [3.8, 4) is 5.75 Å². The molecule has 3 N–H and O–H groups in total. The normalized spacial score (nSPS) is 18.2. The minimum absolute atomic E-state index is 0.183. The summed E-state index contributed by atoms with van der Waals surface area (Å²) in [5.41, 5.74) is 2.24. The predicted octanol–water partition coefficient (Wildman–Crippen LogP) is 5.14. The van der Waals surface area contributed by atoms with Gasteiger partial charge in [0, 0.05) is 12.2 Å². The third-order valence-corrected chi connectivity index (χ3v) is 5.77. The zero-order chi connectivity index (χ0) is 22.4. The minimum Gasteiger partial charge on any atom is -0.490 e. The first-order chi connectivity index (χ1) is 14.9. The van der Waals surface area contributed by atoms with Crippen molar-refractivity contribution < 1.29 is 9.53 Å². The van der Waals surface area contributed by atoms with Gasteiger partial charge in [-0.05, 0) is 41.9 Å². The van der Waals surface area contributed by atoms with E-state index in [4.69, 9.17) is 40.2 Å². The van der Waals surface area contributed by atoms with Crippen molar-refractivity contribution in [3.63, 3.8) is 0 Å². The summed E-state index contributed by atoms with van der Waals surface area (Å²) in [6, 6.07) is 12.7. The highest BCUT2D eigenvalue weighted by molar-refractivity contribution is 7.80. The molecule has 0 aromatic heterocycles. The molecule has 0 bridgehead atoms. The van der Waals surface area contributed by atoms with Crippen LogP contribution in [0, 0.1) is 5.92 Å². The highest BCUT2D eigenvalue weighted by Crippen LogP contribution is 2.39. The molecule has 1 amide bonds. The Bertz CT molecular complexity index is 946. The standard InChI is InChI=1S/C23H25Cl2N3O2S/c1-3-4-10-30-21-17(24)11-16(12-18(21)25)20-19(14(2)27-23(31)28-20)22(29)26-13-15-8-6-5-7-9-15/h5-9,11-12,19-20H,2-4,10,13H2,1H3,(H,26,29)(H2,27,28,31)/t19-,20-/m1/s1. The lowest BCUT2D eigenvalue weighted by molar-refractivity contribution is -0.125. The summed E-state index contributed by atoms with van der Waals surface area (Å²) < 4.78 is 5.74. The molecule has 1 fully saturated rings. The third-order valence-electron chi connectivity index (χ3n) is 4.99. The van der Waals surface area contributed by atoms with Crippen LogP contribution in [0.25, 0.3) is 0 Å². The second-order valence-corrected chi connectivity index (χ2v) is 8.52. The molecular weight excluding hydrogens is 453 g/mol. The molecule has 0 unspecified atom stereocenters. The Hall–Kier alpha value is -2.28. The van der Waals surface area contributed by atoms with E-state index in [9.17, 15) is 4.79 Å². The maximum absolute atomic E-state index is 13.1. The van der Waals surface area contributed by atoms with Crippen molar-refractivity contribution in [3.05, 3.63) is 75.9 Å². The lowest BCUT2D eigenvalue weighted by atomic mass is 9.88. The summed E-state index contributed by atoms with van der Waals surface area (Å²) in [6.07, 6.45) is 1.91. The lowest BCUT2D eigenvalue weighted by Gasteiger charge is -2.35. The van der Waals surface area contributed by atoms with E-state index in [1.807, 2.05) is 30.3 Å². The number of halogens is 2. The van der Waals surface area contributed by atoms with Crippen LogP contribution in [0.1, 0.15) is 36.9 Å². The Morgan fingerprint density at radius 2 is 1.90 bits per heavy atom. The van der Waals surface area contributed by atoms with Gasteiger partial charge >= 0.3 is 0 Å². The first kappa shape index (κ1) is 23.4. The summed E-state index contributed by atoms with van der Waals surface area (Å²) in [7, 11) is 0. The summed E-state index contributed by atoms with van der Waals surface area (Å²) in [5, 5.41) is 10.3. The van der Waals surface area contributed by atoms with Gasteiger partial charge in [0.05, 0.1) is 22.7 Å². The first-order valence-corrected chi connectivity index (χ1v) is 11.3.